The van der Waals surface area contributed by atoms with Gasteiger partial charge in [0.1, 0.15) is 4.60 Å². The molecule has 0 bridgehead atoms. The summed E-state index contributed by atoms with van der Waals surface area (Å²) in [4.78, 5) is 15.9. The minimum atomic E-state index is -0.0429. The van der Waals surface area contributed by atoms with E-state index in [4.69, 9.17) is 4.74 Å². The molecule has 1 fully saturated rings. The van der Waals surface area contributed by atoms with Crippen LogP contribution in [0.5, 0.6) is 0 Å². The normalized spacial score (nSPS) is 24.4. The number of hydrogen-bond acceptors (Lipinski definition) is 3. The van der Waals surface area contributed by atoms with E-state index < -0.39 is 0 Å². The number of ether oxygens (including phenoxy) is 1. The largest absolute Gasteiger partial charge is 0.378 e. The van der Waals surface area contributed by atoms with E-state index in [2.05, 4.69) is 26.2 Å². The molecule has 1 aliphatic heterocycles. The lowest BCUT2D eigenvalue weighted by atomic mass is 10.1. The maximum Gasteiger partial charge on any atom is 0.229 e. The standard InChI is InChI=1S/C11H13BrN2O2/c1-7-4-8(6-16-7)11(15)14-9-2-3-10(12)13-5-9/h2-3,5,7-8H,4,6H2,1H3,(H,14,15). The summed E-state index contributed by atoms with van der Waals surface area (Å²) >= 11 is 3.24. The molecule has 1 saturated heterocycles. The van der Waals surface area contributed by atoms with Crippen molar-refractivity contribution in [3.05, 3.63) is 22.9 Å². The number of carbonyl (C=O) groups excluding carboxylic acids is 1. The van der Waals surface area contributed by atoms with Crippen LogP contribution in [-0.4, -0.2) is 23.6 Å². The molecule has 86 valence electrons. The van der Waals surface area contributed by atoms with Crippen molar-refractivity contribution in [2.24, 2.45) is 5.92 Å². The summed E-state index contributed by atoms with van der Waals surface area (Å²) in [5.41, 5.74) is 0.716. The number of carbonyl (C=O) groups is 1. The van der Waals surface area contributed by atoms with Gasteiger partial charge in [-0.15, -0.1) is 0 Å². The van der Waals surface area contributed by atoms with Crippen LogP contribution in [0.1, 0.15) is 13.3 Å². The summed E-state index contributed by atoms with van der Waals surface area (Å²) in [7, 11) is 0. The van der Waals surface area contributed by atoms with Crippen molar-refractivity contribution >= 4 is 27.5 Å². The third-order valence-electron chi connectivity index (χ3n) is 2.56. The lowest BCUT2D eigenvalue weighted by molar-refractivity contribution is -0.119. The Balaban J connectivity index is 1.94. The van der Waals surface area contributed by atoms with Gasteiger partial charge < -0.3 is 10.1 Å². The zero-order chi connectivity index (χ0) is 11.5. The maximum absolute atomic E-state index is 11.8. The molecule has 1 aromatic heterocycles. The minimum Gasteiger partial charge on any atom is -0.378 e. The van der Waals surface area contributed by atoms with Crippen LogP contribution in [0.25, 0.3) is 0 Å². The Morgan fingerprint density at radius 2 is 2.44 bits per heavy atom. The molecular formula is C11H13BrN2O2. The Kier molecular flexibility index (Phi) is 3.56. The summed E-state index contributed by atoms with van der Waals surface area (Å²) < 4.78 is 6.11. The number of anilines is 1. The number of hydrogen-bond donors (Lipinski definition) is 1. The van der Waals surface area contributed by atoms with Gasteiger partial charge in [0.15, 0.2) is 0 Å². The van der Waals surface area contributed by atoms with Crippen molar-refractivity contribution in [3.8, 4) is 0 Å². The van der Waals surface area contributed by atoms with Gasteiger partial charge >= 0.3 is 0 Å². The number of pyridine rings is 1. The van der Waals surface area contributed by atoms with Gasteiger partial charge in [-0.25, -0.2) is 4.98 Å². The number of rotatable bonds is 2. The van der Waals surface area contributed by atoms with E-state index in [-0.39, 0.29) is 17.9 Å². The maximum atomic E-state index is 11.8. The van der Waals surface area contributed by atoms with E-state index in [9.17, 15) is 4.79 Å². The highest BCUT2D eigenvalue weighted by molar-refractivity contribution is 9.10. The first-order chi connectivity index (χ1) is 7.65. The van der Waals surface area contributed by atoms with Crippen molar-refractivity contribution in [1.82, 2.24) is 4.98 Å². The Morgan fingerprint density at radius 1 is 1.62 bits per heavy atom. The number of halogens is 1. The van der Waals surface area contributed by atoms with Crippen LogP contribution in [-0.2, 0) is 9.53 Å². The average Bonchev–Trinajstić information content (AvgIpc) is 2.68. The average molecular weight is 285 g/mol. The molecule has 2 atom stereocenters. The zero-order valence-corrected chi connectivity index (χ0v) is 10.5. The van der Waals surface area contributed by atoms with Crippen LogP contribution in [0, 0.1) is 5.92 Å². The van der Waals surface area contributed by atoms with E-state index in [1.165, 1.54) is 0 Å². The molecule has 5 heteroatoms. The van der Waals surface area contributed by atoms with Crippen LogP contribution >= 0.6 is 15.9 Å². The van der Waals surface area contributed by atoms with Gasteiger partial charge in [-0.05, 0) is 41.4 Å². The lowest BCUT2D eigenvalue weighted by Gasteiger charge is -2.08. The molecule has 0 saturated carbocycles. The molecule has 1 amide bonds. The fourth-order valence-corrected chi connectivity index (χ4v) is 1.93. The van der Waals surface area contributed by atoms with Crippen LogP contribution in [0.15, 0.2) is 22.9 Å². The van der Waals surface area contributed by atoms with E-state index in [0.717, 1.165) is 11.0 Å². The summed E-state index contributed by atoms with van der Waals surface area (Å²) in [6.07, 6.45) is 2.59. The summed E-state index contributed by atoms with van der Waals surface area (Å²) in [6, 6.07) is 3.61. The highest BCUT2D eigenvalue weighted by atomic mass is 79.9. The molecule has 0 aromatic carbocycles. The second-order valence-electron chi connectivity index (χ2n) is 3.94. The molecule has 1 N–H and O–H groups in total. The van der Waals surface area contributed by atoms with Crippen molar-refractivity contribution in [2.75, 3.05) is 11.9 Å². The van der Waals surface area contributed by atoms with Gasteiger partial charge in [0, 0.05) is 0 Å². The molecular weight excluding hydrogens is 272 g/mol. The summed E-state index contributed by atoms with van der Waals surface area (Å²) in [6.45, 7) is 2.49. The summed E-state index contributed by atoms with van der Waals surface area (Å²) in [5.74, 6) is -0.0351. The number of amides is 1. The first-order valence-electron chi connectivity index (χ1n) is 5.19. The van der Waals surface area contributed by atoms with Gasteiger partial charge in [-0.2, -0.15) is 0 Å². The van der Waals surface area contributed by atoms with E-state index in [0.29, 0.717) is 12.3 Å². The van der Waals surface area contributed by atoms with E-state index in [1.807, 2.05) is 13.0 Å². The summed E-state index contributed by atoms with van der Waals surface area (Å²) in [5, 5.41) is 2.83. The second kappa shape index (κ2) is 4.93. The fourth-order valence-electron chi connectivity index (χ4n) is 1.69. The molecule has 16 heavy (non-hydrogen) atoms. The van der Waals surface area contributed by atoms with E-state index in [1.54, 1.807) is 12.3 Å². The van der Waals surface area contributed by atoms with Gasteiger partial charge in [-0.3, -0.25) is 4.79 Å². The fraction of sp³-hybridized carbons (Fsp3) is 0.455. The highest BCUT2D eigenvalue weighted by Crippen LogP contribution is 2.21. The first kappa shape index (κ1) is 11.5. The Labute approximate surface area is 103 Å². The van der Waals surface area contributed by atoms with Gasteiger partial charge in [0.2, 0.25) is 5.91 Å². The zero-order valence-electron chi connectivity index (χ0n) is 8.94. The highest BCUT2D eigenvalue weighted by Gasteiger charge is 2.28. The number of nitrogens with zero attached hydrogens (tertiary/aromatic N) is 1. The molecule has 0 radical (unpaired) electrons. The van der Waals surface area contributed by atoms with Crippen LogP contribution < -0.4 is 5.32 Å². The van der Waals surface area contributed by atoms with Crippen molar-refractivity contribution in [3.63, 3.8) is 0 Å². The monoisotopic (exact) mass is 284 g/mol. The molecule has 2 heterocycles. The van der Waals surface area contributed by atoms with E-state index >= 15 is 0 Å². The SMILES string of the molecule is CC1CC(C(=O)Nc2ccc(Br)nc2)CO1. The number of nitrogens with one attached hydrogen (secondary N) is 1. The minimum absolute atomic E-state index is 0.00784. The molecule has 4 nitrogen and oxygen atoms in total. The van der Waals surface area contributed by atoms with Crippen LogP contribution in [0.2, 0.25) is 0 Å². The third kappa shape index (κ3) is 2.80. The quantitative estimate of drug-likeness (QED) is 0.848. The Hall–Kier alpha value is -0.940. The van der Waals surface area contributed by atoms with Gasteiger partial charge in [0.25, 0.3) is 0 Å². The molecule has 0 aliphatic carbocycles. The predicted octanol–water partition coefficient (Wildman–Crippen LogP) is 2.21. The third-order valence-corrected chi connectivity index (χ3v) is 3.03. The second-order valence-corrected chi connectivity index (χ2v) is 4.75. The molecule has 1 aromatic rings. The molecule has 2 rings (SSSR count). The topological polar surface area (TPSA) is 51.2 Å². The van der Waals surface area contributed by atoms with Crippen LogP contribution in [0.3, 0.4) is 0 Å². The van der Waals surface area contributed by atoms with Crippen LogP contribution in [0.4, 0.5) is 5.69 Å². The number of aromatic nitrogens is 1. The van der Waals surface area contributed by atoms with Crippen molar-refractivity contribution in [1.29, 1.82) is 0 Å². The van der Waals surface area contributed by atoms with Crippen molar-refractivity contribution < 1.29 is 9.53 Å². The van der Waals surface area contributed by atoms with Gasteiger partial charge in [-0.1, -0.05) is 0 Å². The molecule has 1 aliphatic rings. The molecule has 0 spiro atoms. The molecule has 2 unspecified atom stereocenters. The van der Waals surface area contributed by atoms with Gasteiger partial charge in [0.05, 0.1) is 30.5 Å². The predicted molar refractivity (Wildman–Crippen MR) is 64.1 cm³/mol. The Morgan fingerprint density at radius 3 is 3.00 bits per heavy atom. The lowest BCUT2D eigenvalue weighted by Crippen LogP contribution is -2.23. The Bertz CT molecular complexity index is 380. The van der Waals surface area contributed by atoms with Crippen molar-refractivity contribution in [2.45, 2.75) is 19.4 Å². The first-order valence-corrected chi connectivity index (χ1v) is 5.98. The smallest absolute Gasteiger partial charge is 0.229 e.